The highest BCUT2D eigenvalue weighted by Gasteiger charge is 2.28. The molecule has 0 aliphatic carbocycles. The van der Waals surface area contributed by atoms with Crippen molar-refractivity contribution in [3.8, 4) is 0 Å². The Labute approximate surface area is 80.5 Å². The van der Waals surface area contributed by atoms with Crippen molar-refractivity contribution in [2.75, 3.05) is 0 Å². The minimum absolute atomic E-state index is 0.0637. The number of hydroxylamine groups is 2. The van der Waals surface area contributed by atoms with E-state index in [0.717, 1.165) is 11.3 Å². The van der Waals surface area contributed by atoms with Crippen molar-refractivity contribution in [3.63, 3.8) is 0 Å². The van der Waals surface area contributed by atoms with Crippen molar-refractivity contribution in [3.05, 3.63) is 47.4 Å². The van der Waals surface area contributed by atoms with Gasteiger partial charge in [-0.2, -0.15) is 4.99 Å². The highest BCUT2D eigenvalue weighted by molar-refractivity contribution is 6.48. The summed E-state index contributed by atoms with van der Waals surface area (Å²) < 4.78 is 0. The minimum atomic E-state index is -0.0637. The second kappa shape index (κ2) is 2.60. The summed E-state index contributed by atoms with van der Waals surface area (Å²) in [6.07, 6.45) is 2.97. The molecule has 1 atom stereocenters. The summed E-state index contributed by atoms with van der Waals surface area (Å²) in [6.45, 7) is 0. The van der Waals surface area contributed by atoms with Crippen LogP contribution in [0.15, 0.2) is 46.7 Å². The topological polar surface area (TPSA) is 52.2 Å². The number of amidine groups is 1. The molecule has 4 nitrogen and oxygen atoms in total. The molecule has 0 spiro atoms. The van der Waals surface area contributed by atoms with Gasteiger partial charge in [-0.1, -0.05) is 18.2 Å². The Morgan fingerprint density at radius 1 is 1.21 bits per heavy atom. The lowest BCUT2D eigenvalue weighted by molar-refractivity contribution is -0.681. The minimum Gasteiger partial charge on any atom is -0.623 e. The molecule has 14 heavy (non-hydrogen) atoms. The van der Waals surface area contributed by atoms with Crippen molar-refractivity contribution in [1.82, 2.24) is 0 Å². The van der Waals surface area contributed by atoms with Crippen LogP contribution < -0.4 is 5.06 Å². The summed E-state index contributed by atoms with van der Waals surface area (Å²) >= 11 is 0. The van der Waals surface area contributed by atoms with E-state index < -0.39 is 0 Å². The Balaban J connectivity index is 2.24. The van der Waals surface area contributed by atoms with E-state index >= 15 is 0 Å². The standard InChI is InChI=1S/C10H7N3O/c14-13-6-5-11-9-7-3-1-2-4-8(7)12-10(9)13/h1-6,13H. The number of aliphatic imine (C=N–C) groups is 2. The lowest BCUT2D eigenvalue weighted by atomic mass is 10.1. The Hall–Kier alpha value is -1.78. The molecule has 2 aliphatic rings. The molecule has 2 aliphatic heterocycles. The van der Waals surface area contributed by atoms with E-state index in [4.69, 9.17) is 0 Å². The van der Waals surface area contributed by atoms with Crippen LogP contribution in [0, 0.1) is 5.21 Å². The quantitative estimate of drug-likeness (QED) is 0.584. The van der Waals surface area contributed by atoms with E-state index in [1.807, 2.05) is 24.3 Å². The second-order valence-corrected chi connectivity index (χ2v) is 3.14. The smallest absolute Gasteiger partial charge is 0.258 e. The number of para-hydroxylation sites is 1. The van der Waals surface area contributed by atoms with Crippen LogP contribution in [0.3, 0.4) is 0 Å². The summed E-state index contributed by atoms with van der Waals surface area (Å²) in [6, 6.07) is 7.63. The SMILES string of the molecule is [O-][NH+]1C=CN=C2C1=Nc1ccccc12. The number of fused-ring (bicyclic) bond motifs is 3. The van der Waals surface area contributed by atoms with E-state index in [1.165, 1.54) is 12.4 Å². The molecular weight excluding hydrogens is 178 g/mol. The first-order valence-corrected chi connectivity index (χ1v) is 4.33. The average Bonchev–Trinajstić information content (AvgIpc) is 2.59. The zero-order valence-corrected chi connectivity index (χ0v) is 7.27. The monoisotopic (exact) mass is 185 g/mol. The van der Waals surface area contributed by atoms with Crippen LogP contribution in [0.25, 0.3) is 0 Å². The van der Waals surface area contributed by atoms with E-state index in [9.17, 15) is 5.21 Å². The number of nitrogens with zero attached hydrogens (tertiary/aromatic N) is 2. The molecule has 2 heterocycles. The van der Waals surface area contributed by atoms with Gasteiger partial charge in [0.25, 0.3) is 5.84 Å². The van der Waals surface area contributed by atoms with Gasteiger partial charge in [0.05, 0.1) is 11.9 Å². The summed E-state index contributed by atoms with van der Waals surface area (Å²) in [5, 5.41) is 11.4. The van der Waals surface area contributed by atoms with Gasteiger partial charge in [-0.15, -0.1) is 0 Å². The predicted octanol–water partition coefficient (Wildman–Crippen LogP) is 0.387. The van der Waals surface area contributed by atoms with Gasteiger partial charge in [0, 0.05) is 5.56 Å². The highest BCUT2D eigenvalue weighted by Crippen LogP contribution is 2.25. The molecule has 1 unspecified atom stereocenters. The zero-order valence-electron chi connectivity index (χ0n) is 7.27. The Morgan fingerprint density at radius 2 is 2.07 bits per heavy atom. The molecule has 1 aromatic carbocycles. The molecule has 0 fully saturated rings. The maximum Gasteiger partial charge on any atom is 0.258 e. The van der Waals surface area contributed by atoms with Crippen LogP contribution in [0.2, 0.25) is 0 Å². The number of benzene rings is 1. The molecule has 0 saturated carbocycles. The van der Waals surface area contributed by atoms with Gasteiger partial charge in [0.1, 0.15) is 6.20 Å². The van der Waals surface area contributed by atoms with E-state index in [1.54, 1.807) is 0 Å². The van der Waals surface area contributed by atoms with Gasteiger partial charge in [0.2, 0.25) is 0 Å². The molecule has 0 bridgehead atoms. The first-order chi connectivity index (χ1) is 6.86. The number of hydrogen-bond donors (Lipinski definition) is 1. The van der Waals surface area contributed by atoms with Crippen LogP contribution in [-0.2, 0) is 0 Å². The van der Waals surface area contributed by atoms with Crippen molar-refractivity contribution in [2.45, 2.75) is 0 Å². The molecule has 3 rings (SSSR count). The van der Waals surface area contributed by atoms with Gasteiger partial charge in [0.15, 0.2) is 5.71 Å². The first-order valence-electron chi connectivity index (χ1n) is 4.33. The molecule has 0 radical (unpaired) electrons. The maximum absolute atomic E-state index is 11.4. The summed E-state index contributed by atoms with van der Waals surface area (Å²) in [5.74, 6) is 0.466. The highest BCUT2D eigenvalue weighted by atomic mass is 16.5. The van der Waals surface area contributed by atoms with E-state index in [-0.39, 0.29) is 5.06 Å². The van der Waals surface area contributed by atoms with Gasteiger partial charge in [-0.25, -0.2) is 4.99 Å². The second-order valence-electron chi connectivity index (χ2n) is 3.14. The normalized spacial score (nSPS) is 22.5. The third-order valence-electron chi connectivity index (χ3n) is 2.28. The van der Waals surface area contributed by atoms with Gasteiger partial charge < -0.3 is 5.21 Å². The fraction of sp³-hybridized carbons (Fsp3) is 0. The first kappa shape index (κ1) is 7.61. The maximum atomic E-state index is 11.4. The van der Waals surface area contributed by atoms with Gasteiger partial charge >= 0.3 is 0 Å². The number of quaternary nitrogens is 1. The average molecular weight is 185 g/mol. The largest absolute Gasteiger partial charge is 0.623 e. The van der Waals surface area contributed by atoms with E-state index in [0.29, 0.717) is 11.5 Å². The number of hydrogen-bond acceptors (Lipinski definition) is 3. The Morgan fingerprint density at radius 3 is 3.00 bits per heavy atom. The van der Waals surface area contributed by atoms with Crippen LogP contribution in [0.4, 0.5) is 5.69 Å². The third kappa shape index (κ3) is 0.891. The lowest BCUT2D eigenvalue weighted by Crippen LogP contribution is -3.06. The van der Waals surface area contributed by atoms with Gasteiger partial charge in [-0.3, -0.25) is 5.06 Å². The fourth-order valence-electron chi connectivity index (χ4n) is 1.63. The fourth-order valence-corrected chi connectivity index (χ4v) is 1.63. The number of rotatable bonds is 0. The van der Waals surface area contributed by atoms with Crippen molar-refractivity contribution in [2.24, 2.45) is 9.98 Å². The zero-order chi connectivity index (χ0) is 9.54. The molecule has 0 aromatic heterocycles. The molecular formula is C10H7N3O. The van der Waals surface area contributed by atoms with Crippen LogP contribution in [0.5, 0.6) is 0 Å². The molecule has 0 saturated heterocycles. The Kier molecular flexibility index (Phi) is 1.41. The predicted molar refractivity (Wildman–Crippen MR) is 53.5 cm³/mol. The number of nitrogens with one attached hydrogen (secondary N) is 1. The summed E-state index contributed by atoms with van der Waals surface area (Å²) in [5.41, 5.74) is 2.48. The van der Waals surface area contributed by atoms with Crippen molar-refractivity contribution in [1.29, 1.82) is 0 Å². The van der Waals surface area contributed by atoms with Crippen LogP contribution in [0.1, 0.15) is 5.56 Å². The molecule has 68 valence electrons. The lowest BCUT2D eigenvalue weighted by Gasteiger charge is -2.18. The van der Waals surface area contributed by atoms with Crippen molar-refractivity contribution >= 4 is 17.2 Å². The molecule has 4 heteroatoms. The molecule has 1 aromatic rings. The van der Waals surface area contributed by atoms with Crippen LogP contribution >= 0.6 is 0 Å². The summed E-state index contributed by atoms with van der Waals surface area (Å²) in [4.78, 5) is 8.41. The Bertz CT molecular complexity index is 488. The van der Waals surface area contributed by atoms with Crippen molar-refractivity contribution < 1.29 is 5.06 Å². The third-order valence-corrected chi connectivity index (χ3v) is 2.28. The van der Waals surface area contributed by atoms with Gasteiger partial charge in [-0.05, 0) is 6.07 Å². The van der Waals surface area contributed by atoms with E-state index in [2.05, 4.69) is 9.98 Å². The summed E-state index contributed by atoms with van der Waals surface area (Å²) in [7, 11) is 0. The molecule has 0 amide bonds. The van der Waals surface area contributed by atoms with Crippen LogP contribution in [-0.4, -0.2) is 11.5 Å². The molecule has 1 N–H and O–H groups in total.